The lowest BCUT2D eigenvalue weighted by atomic mass is 9.97. The Kier molecular flexibility index (Phi) is 4.39. The minimum Gasteiger partial charge on any atom is -0.337 e. The second kappa shape index (κ2) is 6.23. The van der Waals surface area contributed by atoms with Crippen LogP contribution in [0.4, 0.5) is 4.79 Å². The molecule has 2 heterocycles. The van der Waals surface area contributed by atoms with Crippen LogP contribution < -0.4 is 5.32 Å². The molecule has 0 unspecified atom stereocenters. The molecule has 1 aromatic heterocycles. The molecule has 0 aromatic carbocycles. The summed E-state index contributed by atoms with van der Waals surface area (Å²) in [6, 6.07) is 0.0241. The summed E-state index contributed by atoms with van der Waals surface area (Å²) in [5.41, 5.74) is 0. The van der Waals surface area contributed by atoms with Crippen LogP contribution in [0.5, 0.6) is 0 Å². The van der Waals surface area contributed by atoms with E-state index in [1.807, 2.05) is 17.4 Å². The first-order chi connectivity index (χ1) is 8.79. The number of imidazole rings is 1. The van der Waals surface area contributed by atoms with E-state index in [1.54, 1.807) is 12.3 Å². The zero-order chi connectivity index (χ0) is 12.8. The monoisotopic (exact) mass is 248 g/mol. The van der Waals surface area contributed by atoms with Crippen LogP contribution in [0.1, 0.15) is 12.8 Å². The van der Waals surface area contributed by atoms with E-state index in [9.17, 15) is 4.79 Å². The number of amides is 2. The summed E-state index contributed by atoms with van der Waals surface area (Å²) in [4.78, 5) is 17.7. The molecule has 5 nitrogen and oxygen atoms in total. The first kappa shape index (κ1) is 12.7. The summed E-state index contributed by atoms with van der Waals surface area (Å²) in [7, 11) is 0. The fourth-order valence-corrected chi connectivity index (χ4v) is 2.28. The summed E-state index contributed by atoms with van der Waals surface area (Å²) in [5.74, 6) is 0.641. The molecule has 0 aliphatic carbocycles. The minimum absolute atomic E-state index is 0.0241. The van der Waals surface area contributed by atoms with Crippen LogP contribution in [-0.4, -0.2) is 40.1 Å². The summed E-state index contributed by atoms with van der Waals surface area (Å²) >= 11 is 0. The average molecular weight is 248 g/mol. The van der Waals surface area contributed by atoms with E-state index in [0.29, 0.717) is 12.5 Å². The fraction of sp³-hybridized carbons (Fsp3) is 0.538. The first-order valence-electron chi connectivity index (χ1n) is 6.39. The number of carbonyl (C=O) groups is 1. The molecular formula is C13H20N4O. The van der Waals surface area contributed by atoms with Crippen LogP contribution in [0.15, 0.2) is 31.4 Å². The van der Waals surface area contributed by atoms with Crippen molar-refractivity contribution in [1.29, 1.82) is 0 Å². The molecule has 0 radical (unpaired) electrons. The van der Waals surface area contributed by atoms with Gasteiger partial charge in [-0.2, -0.15) is 0 Å². The standard InChI is InChI=1S/C13H20N4O/c1-2-5-15-13(18)17-7-3-12(4-8-17)10-16-9-6-14-11-16/h2,6,9,11-12H,1,3-5,7-8,10H2,(H,15,18). The topological polar surface area (TPSA) is 50.2 Å². The van der Waals surface area contributed by atoms with Crippen molar-refractivity contribution >= 4 is 6.03 Å². The van der Waals surface area contributed by atoms with Gasteiger partial charge in [0.05, 0.1) is 6.33 Å². The Morgan fingerprint density at radius 2 is 2.28 bits per heavy atom. The third-order valence-electron chi connectivity index (χ3n) is 3.33. The molecule has 5 heteroatoms. The Balaban J connectivity index is 1.74. The van der Waals surface area contributed by atoms with Crippen LogP contribution in [0.25, 0.3) is 0 Å². The molecule has 1 aliphatic rings. The van der Waals surface area contributed by atoms with Crippen LogP contribution in [0.3, 0.4) is 0 Å². The smallest absolute Gasteiger partial charge is 0.317 e. The maximum atomic E-state index is 11.7. The van der Waals surface area contributed by atoms with Crippen molar-refractivity contribution in [2.24, 2.45) is 5.92 Å². The van der Waals surface area contributed by atoms with Crippen molar-refractivity contribution in [2.45, 2.75) is 19.4 Å². The number of carbonyl (C=O) groups excluding carboxylic acids is 1. The van der Waals surface area contributed by atoms with E-state index >= 15 is 0 Å². The van der Waals surface area contributed by atoms with Crippen LogP contribution in [0, 0.1) is 5.92 Å². The van der Waals surface area contributed by atoms with Crippen LogP contribution >= 0.6 is 0 Å². The number of hydrogen-bond acceptors (Lipinski definition) is 2. The maximum absolute atomic E-state index is 11.7. The SMILES string of the molecule is C=CCNC(=O)N1CCC(Cn2ccnc2)CC1. The summed E-state index contributed by atoms with van der Waals surface area (Å²) in [6.45, 7) is 6.80. The van der Waals surface area contributed by atoms with Gasteiger partial charge >= 0.3 is 6.03 Å². The van der Waals surface area contributed by atoms with Gasteiger partial charge in [0.15, 0.2) is 0 Å². The highest BCUT2D eigenvalue weighted by Crippen LogP contribution is 2.18. The highest BCUT2D eigenvalue weighted by atomic mass is 16.2. The Labute approximate surface area is 107 Å². The van der Waals surface area contributed by atoms with Gasteiger partial charge in [-0.25, -0.2) is 9.78 Å². The Bertz CT molecular complexity index is 380. The number of nitrogens with zero attached hydrogens (tertiary/aromatic N) is 3. The maximum Gasteiger partial charge on any atom is 0.317 e. The molecule has 1 N–H and O–H groups in total. The summed E-state index contributed by atoms with van der Waals surface area (Å²) in [6.07, 6.45) is 9.45. The van der Waals surface area contributed by atoms with Gasteiger partial charge in [-0.3, -0.25) is 0 Å². The van der Waals surface area contributed by atoms with Gasteiger partial charge in [-0.05, 0) is 18.8 Å². The number of rotatable bonds is 4. The molecule has 0 saturated carbocycles. The van der Waals surface area contributed by atoms with Crippen LogP contribution in [-0.2, 0) is 6.54 Å². The van der Waals surface area contributed by atoms with Gasteiger partial charge in [-0.15, -0.1) is 6.58 Å². The fourth-order valence-electron chi connectivity index (χ4n) is 2.28. The Morgan fingerprint density at radius 3 is 2.89 bits per heavy atom. The van der Waals surface area contributed by atoms with E-state index in [-0.39, 0.29) is 6.03 Å². The van der Waals surface area contributed by atoms with Gasteiger partial charge < -0.3 is 14.8 Å². The lowest BCUT2D eigenvalue weighted by molar-refractivity contribution is 0.166. The number of aromatic nitrogens is 2. The van der Waals surface area contributed by atoms with E-state index in [1.165, 1.54) is 0 Å². The number of likely N-dealkylation sites (tertiary alicyclic amines) is 1. The van der Waals surface area contributed by atoms with E-state index in [2.05, 4.69) is 21.4 Å². The molecule has 1 aromatic rings. The summed E-state index contributed by atoms with van der Waals surface area (Å²) < 4.78 is 2.11. The molecule has 98 valence electrons. The van der Waals surface area contributed by atoms with Gasteiger partial charge in [0, 0.05) is 38.6 Å². The second-order valence-corrected chi connectivity index (χ2v) is 4.66. The largest absolute Gasteiger partial charge is 0.337 e. The Morgan fingerprint density at radius 1 is 1.50 bits per heavy atom. The second-order valence-electron chi connectivity index (χ2n) is 4.66. The molecule has 18 heavy (non-hydrogen) atoms. The van der Waals surface area contributed by atoms with Crippen molar-refractivity contribution in [1.82, 2.24) is 19.8 Å². The van der Waals surface area contributed by atoms with Crippen molar-refractivity contribution in [3.63, 3.8) is 0 Å². The number of urea groups is 1. The lowest BCUT2D eigenvalue weighted by Crippen LogP contribution is -2.44. The van der Waals surface area contributed by atoms with Gasteiger partial charge in [-0.1, -0.05) is 6.08 Å². The highest BCUT2D eigenvalue weighted by molar-refractivity contribution is 5.74. The van der Waals surface area contributed by atoms with Crippen molar-refractivity contribution in [2.75, 3.05) is 19.6 Å². The Hall–Kier alpha value is -1.78. The third kappa shape index (κ3) is 3.35. The molecule has 0 spiro atoms. The van der Waals surface area contributed by atoms with Gasteiger partial charge in [0.25, 0.3) is 0 Å². The van der Waals surface area contributed by atoms with Crippen LogP contribution in [0.2, 0.25) is 0 Å². The molecule has 1 fully saturated rings. The molecule has 1 aliphatic heterocycles. The molecule has 2 amide bonds. The van der Waals surface area contributed by atoms with Crippen molar-refractivity contribution < 1.29 is 4.79 Å². The highest BCUT2D eigenvalue weighted by Gasteiger charge is 2.22. The van der Waals surface area contributed by atoms with Crippen molar-refractivity contribution in [3.8, 4) is 0 Å². The number of piperidine rings is 1. The zero-order valence-corrected chi connectivity index (χ0v) is 10.6. The van der Waals surface area contributed by atoms with Gasteiger partial charge in [0.1, 0.15) is 0 Å². The first-order valence-corrected chi connectivity index (χ1v) is 6.39. The quantitative estimate of drug-likeness (QED) is 0.821. The minimum atomic E-state index is 0.0241. The zero-order valence-electron chi connectivity index (χ0n) is 10.6. The lowest BCUT2D eigenvalue weighted by Gasteiger charge is -2.32. The van der Waals surface area contributed by atoms with E-state index in [4.69, 9.17) is 0 Å². The van der Waals surface area contributed by atoms with Gasteiger partial charge in [0.2, 0.25) is 0 Å². The number of nitrogens with one attached hydrogen (secondary N) is 1. The van der Waals surface area contributed by atoms with Crippen molar-refractivity contribution in [3.05, 3.63) is 31.4 Å². The van der Waals surface area contributed by atoms with E-state index in [0.717, 1.165) is 32.5 Å². The summed E-state index contributed by atoms with van der Waals surface area (Å²) in [5, 5.41) is 2.82. The predicted molar refractivity (Wildman–Crippen MR) is 70.1 cm³/mol. The molecular weight excluding hydrogens is 228 g/mol. The molecule has 1 saturated heterocycles. The molecule has 2 rings (SSSR count). The average Bonchev–Trinajstić information content (AvgIpc) is 2.89. The molecule has 0 bridgehead atoms. The third-order valence-corrected chi connectivity index (χ3v) is 3.33. The predicted octanol–water partition coefficient (Wildman–Crippen LogP) is 1.49. The van der Waals surface area contributed by atoms with E-state index < -0.39 is 0 Å². The normalized spacial score (nSPS) is 16.6. The molecule has 0 atom stereocenters. The number of hydrogen-bond donors (Lipinski definition) is 1.